The van der Waals surface area contributed by atoms with Crippen LogP contribution in [0.15, 0.2) is 72.8 Å². The third kappa shape index (κ3) is 4.55. The second-order valence-corrected chi connectivity index (χ2v) is 7.84. The van der Waals surface area contributed by atoms with E-state index in [2.05, 4.69) is 16.0 Å². The monoisotopic (exact) mass is 417 g/mol. The Hall–Kier alpha value is -3.11. The van der Waals surface area contributed by atoms with Gasteiger partial charge in [0.25, 0.3) is 5.91 Å². The van der Waals surface area contributed by atoms with E-state index in [9.17, 15) is 4.79 Å². The van der Waals surface area contributed by atoms with Crippen molar-refractivity contribution in [3.8, 4) is 0 Å². The summed E-state index contributed by atoms with van der Waals surface area (Å²) in [5.41, 5.74) is 5.00. The van der Waals surface area contributed by atoms with Crippen LogP contribution >= 0.6 is 11.6 Å². The lowest BCUT2D eigenvalue weighted by molar-refractivity contribution is 0.0952. The number of imidazole rings is 1. The van der Waals surface area contributed by atoms with Crippen LogP contribution in [0.5, 0.6) is 0 Å². The SMILES string of the molecule is Cc1ccccc1C(=O)NCCCc1nc2ccccc2n1Cc1ccc(Cl)cc1. The van der Waals surface area contributed by atoms with Crippen molar-refractivity contribution in [2.45, 2.75) is 26.3 Å². The number of halogens is 1. The Labute approximate surface area is 181 Å². The predicted octanol–water partition coefficient (Wildman–Crippen LogP) is 5.41. The smallest absolute Gasteiger partial charge is 0.251 e. The topological polar surface area (TPSA) is 46.9 Å². The standard InChI is InChI=1S/C25H24ClN3O/c1-18-7-2-3-8-21(18)25(30)27-16-6-11-24-28-22-9-4-5-10-23(22)29(24)17-19-12-14-20(26)15-13-19/h2-5,7-10,12-15H,6,11,16-17H2,1H3,(H,27,30). The minimum Gasteiger partial charge on any atom is -0.352 e. The first-order chi connectivity index (χ1) is 14.6. The number of aryl methyl sites for hydroxylation is 2. The molecule has 0 unspecified atom stereocenters. The highest BCUT2D eigenvalue weighted by Crippen LogP contribution is 2.20. The van der Waals surface area contributed by atoms with E-state index in [1.54, 1.807) is 0 Å². The van der Waals surface area contributed by atoms with Crippen molar-refractivity contribution in [3.63, 3.8) is 0 Å². The lowest BCUT2D eigenvalue weighted by Crippen LogP contribution is -2.25. The number of carbonyl (C=O) groups is 1. The van der Waals surface area contributed by atoms with Gasteiger partial charge in [0.2, 0.25) is 0 Å². The molecule has 152 valence electrons. The van der Waals surface area contributed by atoms with Gasteiger partial charge in [-0.2, -0.15) is 0 Å². The van der Waals surface area contributed by atoms with E-state index >= 15 is 0 Å². The Morgan fingerprint density at radius 2 is 1.73 bits per heavy atom. The number of nitrogens with one attached hydrogen (secondary N) is 1. The molecule has 1 aromatic heterocycles. The van der Waals surface area contributed by atoms with Gasteiger partial charge in [-0.1, -0.05) is 54.1 Å². The molecule has 0 aliphatic rings. The third-order valence-corrected chi connectivity index (χ3v) is 5.49. The molecule has 3 aromatic carbocycles. The van der Waals surface area contributed by atoms with Gasteiger partial charge in [-0.05, 0) is 54.8 Å². The maximum absolute atomic E-state index is 12.4. The van der Waals surface area contributed by atoms with E-state index in [4.69, 9.17) is 16.6 Å². The van der Waals surface area contributed by atoms with Gasteiger partial charge >= 0.3 is 0 Å². The summed E-state index contributed by atoms with van der Waals surface area (Å²) in [6.45, 7) is 3.30. The van der Waals surface area contributed by atoms with Gasteiger partial charge in [-0.25, -0.2) is 4.98 Å². The van der Waals surface area contributed by atoms with Gasteiger partial charge in [0, 0.05) is 30.1 Å². The van der Waals surface area contributed by atoms with E-state index in [0.717, 1.165) is 52.4 Å². The summed E-state index contributed by atoms with van der Waals surface area (Å²) < 4.78 is 2.25. The first-order valence-electron chi connectivity index (χ1n) is 10.1. The molecule has 0 radical (unpaired) electrons. The number of para-hydroxylation sites is 2. The molecule has 0 saturated carbocycles. The summed E-state index contributed by atoms with van der Waals surface area (Å²) in [5, 5.41) is 3.76. The summed E-state index contributed by atoms with van der Waals surface area (Å²) in [6.07, 6.45) is 1.61. The van der Waals surface area contributed by atoms with E-state index in [1.807, 2.05) is 73.7 Å². The molecule has 0 aliphatic carbocycles. The third-order valence-electron chi connectivity index (χ3n) is 5.24. The lowest BCUT2D eigenvalue weighted by atomic mass is 10.1. The van der Waals surface area contributed by atoms with Crippen LogP contribution < -0.4 is 5.32 Å². The molecule has 4 nitrogen and oxygen atoms in total. The van der Waals surface area contributed by atoms with Crippen molar-refractivity contribution < 1.29 is 4.79 Å². The van der Waals surface area contributed by atoms with Gasteiger partial charge in [0.05, 0.1) is 11.0 Å². The molecule has 0 atom stereocenters. The molecule has 1 amide bonds. The van der Waals surface area contributed by atoms with Gasteiger partial charge in [0.1, 0.15) is 5.82 Å². The number of benzene rings is 3. The van der Waals surface area contributed by atoms with Crippen LogP contribution in [-0.2, 0) is 13.0 Å². The van der Waals surface area contributed by atoms with Crippen LogP contribution in [0.1, 0.15) is 33.7 Å². The van der Waals surface area contributed by atoms with Crippen LogP contribution in [0.3, 0.4) is 0 Å². The minimum absolute atomic E-state index is 0.0252. The summed E-state index contributed by atoms with van der Waals surface area (Å²) in [7, 11) is 0. The second kappa shape index (κ2) is 9.14. The molecule has 5 heteroatoms. The fraction of sp³-hybridized carbons (Fsp3) is 0.200. The molecule has 0 aliphatic heterocycles. The molecule has 1 heterocycles. The fourth-order valence-electron chi connectivity index (χ4n) is 3.64. The van der Waals surface area contributed by atoms with E-state index in [1.165, 1.54) is 5.56 Å². The van der Waals surface area contributed by atoms with Crippen molar-refractivity contribution in [2.24, 2.45) is 0 Å². The maximum Gasteiger partial charge on any atom is 0.251 e. The van der Waals surface area contributed by atoms with Gasteiger partial charge in [0.15, 0.2) is 0 Å². The van der Waals surface area contributed by atoms with Crippen LogP contribution in [-0.4, -0.2) is 22.0 Å². The highest BCUT2D eigenvalue weighted by molar-refractivity contribution is 6.30. The summed E-state index contributed by atoms with van der Waals surface area (Å²) in [6, 6.07) is 23.7. The second-order valence-electron chi connectivity index (χ2n) is 7.40. The quantitative estimate of drug-likeness (QED) is 0.409. The Balaban J connectivity index is 1.45. The maximum atomic E-state index is 12.4. The Kier molecular flexibility index (Phi) is 6.15. The zero-order valence-electron chi connectivity index (χ0n) is 16.9. The average molecular weight is 418 g/mol. The zero-order chi connectivity index (χ0) is 20.9. The van der Waals surface area contributed by atoms with Crippen molar-refractivity contribution in [1.82, 2.24) is 14.9 Å². The number of hydrogen-bond acceptors (Lipinski definition) is 2. The van der Waals surface area contributed by atoms with Gasteiger partial charge in [-0.15, -0.1) is 0 Å². The largest absolute Gasteiger partial charge is 0.352 e. The number of fused-ring (bicyclic) bond motifs is 1. The molecule has 0 spiro atoms. The highest BCUT2D eigenvalue weighted by atomic mass is 35.5. The summed E-state index contributed by atoms with van der Waals surface area (Å²) in [4.78, 5) is 17.3. The normalized spacial score (nSPS) is 11.0. The first-order valence-corrected chi connectivity index (χ1v) is 10.5. The van der Waals surface area contributed by atoms with E-state index < -0.39 is 0 Å². The Morgan fingerprint density at radius 1 is 1.00 bits per heavy atom. The number of amides is 1. The molecule has 0 saturated heterocycles. The number of hydrogen-bond donors (Lipinski definition) is 1. The molecular formula is C25H24ClN3O. The van der Waals surface area contributed by atoms with Crippen molar-refractivity contribution in [3.05, 3.63) is 100 Å². The van der Waals surface area contributed by atoms with Crippen LogP contribution in [0.2, 0.25) is 5.02 Å². The van der Waals surface area contributed by atoms with Crippen molar-refractivity contribution in [1.29, 1.82) is 0 Å². The predicted molar refractivity (Wildman–Crippen MR) is 122 cm³/mol. The number of carbonyl (C=O) groups excluding carboxylic acids is 1. The molecule has 4 rings (SSSR count). The van der Waals surface area contributed by atoms with Crippen molar-refractivity contribution in [2.75, 3.05) is 6.54 Å². The molecule has 1 N–H and O–H groups in total. The molecule has 0 fully saturated rings. The molecule has 30 heavy (non-hydrogen) atoms. The number of rotatable bonds is 7. The number of aromatic nitrogens is 2. The summed E-state index contributed by atoms with van der Waals surface area (Å²) >= 11 is 6.03. The zero-order valence-corrected chi connectivity index (χ0v) is 17.7. The van der Waals surface area contributed by atoms with Gasteiger partial charge in [-0.3, -0.25) is 4.79 Å². The molecular weight excluding hydrogens is 394 g/mol. The van der Waals surface area contributed by atoms with Crippen LogP contribution in [0.25, 0.3) is 11.0 Å². The first kappa shape index (κ1) is 20.2. The Bertz CT molecular complexity index is 1160. The van der Waals surface area contributed by atoms with Crippen LogP contribution in [0.4, 0.5) is 0 Å². The van der Waals surface area contributed by atoms with E-state index in [0.29, 0.717) is 6.54 Å². The van der Waals surface area contributed by atoms with E-state index in [-0.39, 0.29) is 5.91 Å². The highest BCUT2D eigenvalue weighted by Gasteiger charge is 2.12. The Morgan fingerprint density at radius 3 is 2.53 bits per heavy atom. The minimum atomic E-state index is -0.0252. The lowest BCUT2D eigenvalue weighted by Gasteiger charge is -2.11. The average Bonchev–Trinajstić information content (AvgIpc) is 3.10. The van der Waals surface area contributed by atoms with Gasteiger partial charge < -0.3 is 9.88 Å². The van der Waals surface area contributed by atoms with Crippen LogP contribution in [0, 0.1) is 6.92 Å². The van der Waals surface area contributed by atoms with Crippen molar-refractivity contribution >= 4 is 28.5 Å². The fourth-order valence-corrected chi connectivity index (χ4v) is 3.76. The summed E-state index contributed by atoms with van der Waals surface area (Å²) in [5.74, 6) is 0.999. The number of nitrogens with zero attached hydrogens (tertiary/aromatic N) is 2. The molecule has 0 bridgehead atoms. The molecule has 4 aromatic rings.